The summed E-state index contributed by atoms with van der Waals surface area (Å²) < 4.78 is 0. The Morgan fingerprint density at radius 2 is 1.55 bits per heavy atom. The van der Waals surface area contributed by atoms with E-state index in [0.717, 1.165) is 16.5 Å². The van der Waals surface area contributed by atoms with E-state index in [1.165, 1.54) is 12.5 Å². The van der Waals surface area contributed by atoms with Gasteiger partial charge >= 0.3 is 11.9 Å². The summed E-state index contributed by atoms with van der Waals surface area (Å²) in [5.41, 5.74) is 13.5. The molecule has 224 valence electrons. The van der Waals surface area contributed by atoms with E-state index in [-0.39, 0.29) is 12.8 Å². The number of carbonyl (C=O) groups is 6. The number of hydrogen-bond donors (Lipinski definition) is 9. The average molecular weight is 585 g/mol. The largest absolute Gasteiger partial charge is 0.481 e. The van der Waals surface area contributed by atoms with Gasteiger partial charge < -0.3 is 47.6 Å². The van der Waals surface area contributed by atoms with E-state index in [0.29, 0.717) is 5.69 Å². The number of fused-ring (bicyclic) bond motifs is 1. The van der Waals surface area contributed by atoms with Crippen LogP contribution < -0.4 is 27.4 Å². The average Bonchev–Trinajstić information content (AvgIpc) is 3.59. The normalized spacial score (nSPS) is 13.8. The first-order valence-corrected chi connectivity index (χ1v) is 12.9. The molecule has 0 bridgehead atoms. The van der Waals surface area contributed by atoms with Crippen molar-refractivity contribution < 1.29 is 39.0 Å². The Bertz CT molecular complexity index is 1440. The molecule has 0 spiro atoms. The summed E-state index contributed by atoms with van der Waals surface area (Å²) in [6.07, 6.45) is 2.87. The molecule has 4 unspecified atom stereocenters. The van der Waals surface area contributed by atoms with Gasteiger partial charge in [0.1, 0.15) is 18.1 Å². The van der Waals surface area contributed by atoms with E-state index in [9.17, 15) is 33.9 Å². The Labute approximate surface area is 238 Å². The first-order chi connectivity index (χ1) is 19.9. The highest BCUT2D eigenvalue weighted by Gasteiger charge is 2.32. The molecule has 4 amide bonds. The third kappa shape index (κ3) is 8.88. The Morgan fingerprint density at radius 3 is 2.19 bits per heavy atom. The molecule has 16 nitrogen and oxygen atoms in total. The van der Waals surface area contributed by atoms with Crippen LogP contribution in [-0.2, 0) is 41.6 Å². The lowest BCUT2D eigenvalue weighted by Crippen LogP contribution is -2.58. The zero-order chi connectivity index (χ0) is 30.8. The molecule has 11 N–H and O–H groups in total. The maximum atomic E-state index is 13.3. The van der Waals surface area contributed by atoms with Crippen molar-refractivity contribution in [2.75, 3.05) is 0 Å². The van der Waals surface area contributed by atoms with E-state index >= 15 is 0 Å². The maximum absolute atomic E-state index is 13.3. The Kier molecular flexibility index (Phi) is 10.7. The third-order valence-corrected chi connectivity index (χ3v) is 6.36. The highest BCUT2D eigenvalue weighted by Crippen LogP contribution is 2.19. The molecule has 2 aromatic heterocycles. The molecule has 0 aliphatic carbocycles. The van der Waals surface area contributed by atoms with Gasteiger partial charge in [-0.15, -0.1) is 0 Å². The van der Waals surface area contributed by atoms with Gasteiger partial charge in [-0.05, 0) is 24.5 Å². The molecule has 16 heteroatoms. The molecule has 3 aromatic rings. The number of H-pyrrole nitrogens is 2. The lowest BCUT2D eigenvalue weighted by Gasteiger charge is -2.24. The predicted octanol–water partition coefficient (Wildman–Crippen LogP) is -1.72. The molecular formula is C26H32N8O8. The van der Waals surface area contributed by atoms with Crippen molar-refractivity contribution in [3.8, 4) is 0 Å². The van der Waals surface area contributed by atoms with Crippen LogP contribution in [0.1, 0.15) is 30.5 Å². The van der Waals surface area contributed by atoms with Gasteiger partial charge in [-0.2, -0.15) is 0 Å². The first-order valence-electron chi connectivity index (χ1n) is 12.9. The molecule has 4 atom stereocenters. The van der Waals surface area contributed by atoms with E-state index < -0.39 is 79.0 Å². The van der Waals surface area contributed by atoms with Crippen molar-refractivity contribution in [2.45, 2.75) is 56.3 Å². The van der Waals surface area contributed by atoms with Crippen molar-refractivity contribution in [1.29, 1.82) is 0 Å². The lowest BCUT2D eigenvalue weighted by molar-refractivity contribution is -0.143. The van der Waals surface area contributed by atoms with Crippen molar-refractivity contribution in [3.63, 3.8) is 0 Å². The van der Waals surface area contributed by atoms with Crippen LogP contribution in [0.2, 0.25) is 0 Å². The number of amides is 4. The molecule has 0 saturated heterocycles. The third-order valence-electron chi connectivity index (χ3n) is 6.36. The SMILES string of the molecule is NC(=O)CC(NC(=O)C(Cc1cnc[nH]1)NC(=O)C(N)Cc1c[nH]c2ccccc12)C(=O)NC(CCC(=O)O)C(=O)O. The minimum absolute atomic E-state index is 0.0986. The van der Waals surface area contributed by atoms with E-state index in [1.807, 2.05) is 24.3 Å². The zero-order valence-corrected chi connectivity index (χ0v) is 22.3. The predicted molar refractivity (Wildman–Crippen MR) is 146 cm³/mol. The second-order valence-corrected chi connectivity index (χ2v) is 9.58. The number of primary amides is 1. The van der Waals surface area contributed by atoms with Crippen LogP contribution in [0.5, 0.6) is 0 Å². The highest BCUT2D eigenvalue weighted by molar-refractivity contribution is 5.96. The summed E-state index contributed by atoms with van der Waals surface area (Å²) in [5.74, 6) is -6.42. The lowest BCUT2D eigenvalue weighted by atomic mass is 10.0. The smallest absolute Gasteiger partial charge is 0.326 e. The number of benzene rings is 1. The van der Waals surface area contributed by atoms with Crippen molar-refractivity contribution in [1.82, 2.24) is 30.9 Å². The summed E-state index contributed by atoms with van der Waals surface area (Å²) >= 11 is 0. The Hall–Kier alpha value is -5.25. The number of nitrogens with two attached hydrogens (primary N) is 2. The van der Waals surface area contributed by atoms with Crippen molar-refractivity contribution in [3.05, 3.63) is 54.2 Å². The van der Waals surface area contributed by atoms with Crippen LogP contribution in [0.15, 0.2) is 43.0 Å². The van der Waals surface area contributed by atoms with Crippen molar-refractivity contribution in [2.24, 2.45) is 11.5 Å². The van der Waals surface area contributed by atoms with E-state index in [1.54, 1.807) is 6.20 Å². The zero-order valence-electron chi connectivity index (χ0n) is 22.3. The monoisotopic (exact) mass is 584 g/mol. The van der Waals surface area contributed by atoms with Crippen LogP contribution >= 0.6 is 0 Å². The summed E-state index contributed by atoms with van der Waals surface area (Å²) in [7, 11) is 0. The highest BCUT2D eigenvalue weighted by atomic mass is 16.4. The van der Waals surface area contributed by atoms with Gasteiger partial charge in [0.15, 0.2) is 0 Å². The topological polar surface area (TPSA) is 275 Å². The van der Waals surface area contributed by atoms with Gasteiger partial charge in [0.2, 0.25) is 23.6 Å². The van der Waals surface area contributed by atoms with Crippen LogP contribution in [0.4, 0.5) is 0 Å². The molecule has 0 aliphatic heterocycles. The molecule has 3 rings (SSSR count). The number of hydrogen-bond acceptors (Lipinski definition) is 8. The number of aromatic nitrogens is 3. The fraction of sp³-hybridized carbons (Fsp3) is 0.346. The number of imidazole rings is 1. The fourth-order valence-corrected chi connectivity index (χ4v) is 4.21. The quantitative estimate of drug-likeness (QED) is 0.0918. The number of aromatic amines is 2. The van der Waals surface area contributed by atoms with Crippen LogP contribution in [0.3, 0.4) is 0 Å². The van der Waals surface area contributed by atoms with Crippen LogP contribution in [-0.4, -0.2) is 84.9 Å². The molecule has 42 heavy (non-hydrogen) atoms. The molecule has 0 aliphatic rings. The number of rotatable bonds is 16. The van der Waals surface area contributed by atoms with E-state index in [2.05, 4.69) is 30.9 Å². The maximum Gasteiger partial charge on any atom is 0.326 e. The van der Waals surface area contributed by atoms with Gasteiger partial charge in [0.05, 0.1) is 18.8 Å². The van der Waals surface area contributed by atoms with Gasteiger partial charge in [-0.25, -0.2) is 9.78 Å². The fourth-order valence-electron chi connectivity index (χ4n) is 4.21. The van der Waals surface area contributed by atoms with E-state index in [4.69, 9.17) is 16.6 Å². The number of nitrogens with zero attached hydrogens (tertiary/aromatic N) is 1. The Morgan fingerprint density at radius 1 is 0.881 bits per heavy atom. The molecular weight excluding hydrogens is 552 g/mol. The molecule has 1 aromatic carbocycles. The molecule has 0 saturated carbocycles. The first kappa shape index (κ1) is 31.3. The van der Waals surface area contributed by atoms with Crippen molar-refractivity contribution >= 4 is 46.5 Å². The van der Waals surface area contributed by atoms with Crippen LogP contribution in [0.25, 0.3) is 10.9 Å². The van der Waals surface area contributed by atoms with Gasteiger partial charge in [-0.1, -0.05) is 18.2 Å². The number of nitrogens with one attached hydrogen (secondary N) is 5. The standard InChI is InChI=1S/C26H32N8O8/c27-16(7-13-10-30-17-4-2-1-3-15(13)17)23(38)33-19(8-14-11-29-12-31-14)24(39)34-20(9-21(28)35)25(40)32-18(26(41)42)5-6-22(36)37/h1-4,10-12,16,18-20,30H,5-9,27H2,(H2,28,35)(H,29,31)(H,32,40)(H,33,38)(H,34,39)(H,36,37)(H,41,42). The summed E-state index contributed by atoms with van der Waals surface area (Å²) in [6, 6.07) is 1.87. The second kappa shape index (κ2) is 14.4. The number of carboxylic acid groups (broad SMARTS) is 2. The Balaban J connectivity index is 1.74. The minimum Gasteiger partial charge on any atom is -0.481 e. The number of carbonyl (C=O) groups excluding carboxylic acids is 4. The molecule has 0 radical (unpaired) electrons. The molecule has 0 fully saturated rings. The summed E-state index contributed by atoms with van der Waals surface area (Å²) in [5, 5.41) is 26.1. The number of aliphatic carboxylic acids is 2. The number of carboxylic acids is 2. The summed E-state index contributed by atoms with van der Waals surface area (Å²) in [6.45, 7) is 0. The van der Waals surface area contributed by atoms with Crippen LogP contribution in [0, 0.1) is 0 Å². The van der Waals surface area contributed by atoms with Gasteiger partial charge in [0.25, 0.3) is 0 Å². The minimum atomic E-state index is -1.62. The summed E-state index contributed by atoms with van der Waals surface area (Å²) in [4.78, 5) is 83.1. The van der Waals surface area contributed by atoms with Gasteiger partial charge in [0, 0.05) is 41.8 Å². The van der Waals surface area contributed by atoms with Gasteiger partial charge in [-0.3, -0.25) is 24.0 Å². The second-order valence-electron chi connectivity index (χ2n) is 9.58. The number of para-hydroxylation sites is 1. The molecule has 2 heterocycles.